The lowest BCUT2D eigenvalue weighted by atomic mass is 10.1. The Hall–Kier alpha value is -5.10. The molecule has 4 aliphatic rings. The summed E-state index contributed by atoms with van der Waals surface area (Å²) in [5.74, 6) is -3.34. The van der Waals surface area contributed by atoms with Crippen molar-refractivity contribution in [2.24, 2.45) is 0 Å². The van der Waals surface area contributed by atoms with Crippen LogP contribution in [0.3, 0.4) is 0 Å². The molecule has 20 heteroatoms. The third-order valence-electron chi connectivity index (χ3n) is 9.13. The number of halogens is 2. The van der Waals surface area contributed by atoms with Gasteiger partial charge in [-0.1, -0.05) is 5.21 Å². The number of benzene rings is 2. The zero-order valence-electron chi connectivity index (χ0n) is 26.5. The van der Waals surface area contributed by atoms with Crippen molar-refractivity contribution in [3.05, 3.63) is 70.3 Å². The number of carbonyl (C=O) groups is 2. The van der Waals surface area contributed by atoms with Crippen LogP contribution in [-0.4, -0.2) is 86.4 Å². The maximum atomic E-state index is 15.7. The van der Waals surface area contributed by atoms with Crippen molar-refractivity contribution < 1.29 is 56.2 Å². The van der Waals surface area contributed by atoms with Gasteiger partial charge in [0.05, 0.1) is 48.0 Å². The number of phosphoric ester groups is 1. The highest BCUT2D eigenvalue weighted by Gasteiger charge is 2.44. The van der Waals surface area contributed by atoms with Crippen LogP contribution in [0.5, 0.6) is 11.5 Å². The Kier molecular flexibility index (Phi) is 8.16. The third-order valence-corrected chi connectivity index (χ3v) is 10.1. The van der Waals surface area contributed by atoms with Crippen molar-refractivity contribution in [2.75, 3.05) is 36.3 Å². The van der Waals surface area contributed by atoms with Crippen molar-refractivity contribution >= 4 is 42.2 Å². The second-order valence-electron chi connectivity index (χ2n) is 12.5. The lowest BCUT2D eigenvalue weighted by Crippen LogP contribution is -2.39. The molecule has 8 rings (SSSR count). The Balaban J connectivity index is 0.910. The van der Waals surface area contributed by atoms with Crippen LogP contribution in [0.1, 0.15) is 35.7 Å². The van der Waals surface area contributed by atoms with Crippen molar-refractivity contribution in [1.82, 2.24) is 19.6 Å². The zero-order chi connectivity index (χ0) is 35.6. The molecule has 2 N–H and O–H groups in total. The molecule has 268 valence electrons. The molecule has 5 heterocycles. The summed E-state index contributed by atoms with van der Waals surface area (Å²) < 4.78 is 73.5. The topological polar surface area (TPSA) is 197 Å². The minimum Gasteiger partial charge on any atom is -0.487 e. The van der Waals surface area contributed by atoms with Crippen molar-refractivity contribution in [2.45, 2.75) is 50.1 Å². The molecule has 1 saturated carbocycles. The van der Waals surface area contributed by atoms with Gasteiger partial charge in [0.2, 0.25) is 12.2 Å². The van der Waals surface area contributed by atoms with E-state index in [2.05, 4.69) is 10.3 Å². The highest BCUT2D eigenvalue weighted by atomic mass is 31.2. The number of carbonyl (C=O) groups excluding carboxylic acids is 1. The summed E-state index contributed by atoms with van der Waals surface area (Å²) in [6.07, 6.45) is 3.91. The number of nitrogens with zero attached hydrogens (tertiary/aromatic N) is 6. The molecule has 2 saturated heterocycles. The second-order valence-corrected chi connectivity index (χ2v) is 14.0. The van der Waals surface area contributed by atoms with Gasteiger partial charge in [0.15, 0.2) is 23.1 Å². The van der Waals surface area contributed by atoms with Crippen LogP contribution in [0, 0.1) is 11.6 Å². The summed E-state index contributed by atoms with van der Waals surface area (Å²) in [7, 11) is -4.77. The number of aromatic nitrogens is 4. The van der Waals surface area contributed by atoms with Crippen LogP contribution < -0.4 is 24.7 Å². The number of anilines is 2. The van der Waals surface area contributed by atoms with Gasteiger partial charge in [0.1, 0.15) is 24.0 Å². The van der Waals surface area contributed by atoms with E-state index in [0.29, 0.717) is 0 Å². The lowest BCUT2D eigenvalue weighted by molar-refractivity contribution is 0.0499. The van der Waals surface area contributed by atoms with E-state index in [1.54, 1.807) is 15.7 Å². The Labute approximate surface area is 286 Å². The molecule has 2 aromatic carbocycles. The van der Waals surface area contributed by atoms with Gasteiger partial charge in [0, 0.05) is 31.0 Å². The summed E-state index contributed by atoms with van der Waals surface area (Å²) in [4.78, 5) is 50.4. The van der Waals surface area contributed by atoms with Crippen molar-refractivity contribution in [3.8, 4) is 11.5 Å². The molecule has 4 atom stereocenters. The van der Waals surface area contributed by atoms with Gasteiger partial charge in [-0.05, 0) is 37.5 Å². The van der Waals surface area contributed by atoms with E-state index in [4.69, 9.17) is 23.3 Å². The maximum Gasteiger partial charge on any atom is 0.475 e. The van der Waals surface area contributed by atoms with Gasteiger partial charge in [-0.3, -0.25) is 14.2 Å². The standard InChI is InChI=1S/C31H29F2N6O11P/c32-23-8-17(39-12-20(49-31(39)43)10-36-6-5-34-35-36)3-4-25(23)47-15-48-51(44,45)50-19-7-18-14-46-29-26-21(9-24(33)27(29)37(18)11-19)28(40)22(30(41)42)13-38(26)16-1-2-16/h3-6,8-9,13,16,18-20H,1-2,7,10-12,14-15H2,(H,41,42)(H,44,45)/t18-,19+,20+/m0/s1. The average molecular weight is 731 g/mol. The van der Waals surface area contributed by atoms with Gasteiger partial charge in [-0.15, -0.1) is 5.10 Å². The van der Waals surface area contributed by atoms with Crippen molar-refractivity contribution in [1.29, 1.82) is 0 Å². The Morgan fingerprint density at radius 1 is 1.12 bits per heavy atom. The lowest BCUT2D eigenvalue weighted by Gasteiger charge is -2.34. The van der Waals surface area contributed by atoms with Gasteiger partial charge in [-0.25, -0.2) is 32.1 Å². The number of hydrogen-bond acceptors (Lipinski definition) is 12. The number of fused-ring (bicyclic) bond motifs is 5. The quantitative estimate of drug-likeness (QED) is 0.168. The fraction of sp³-hybridized carbons (Fsp3) is 0.387. The molecular weight excluding hydrogens is 701 g/mol. The van der Waals surface area contributed by atoms with E-state index in [9.17, 15) is 33.3 Å². The number of aromatic carboxylic acids is 1. The van der Waals surface area contributed by atoms with Crippen LogP contribution in [0.15, 0.2) is 47.7 Å². The van der Waals surface area contributed by atoms with Crippen LogP contribution >= 0.6 is 7.82 Å². The number of pyridine rings is 1. The van der Waals surface area contributed by atoms with E-state index in [1.165, 1.54) is 34.1 Å². The smallest absolute Gasteiger partial charge is 0.475 e. The van der Waals surface area contributed by atoms with Crippen molar-refractivity contribution in [3.63, 3.8) is 0 Å². The first-order valence-corrected chi connectivity index (χ1v) is 17.4. The number of rotatable bonds is 11. The number of amides is 1. The number of phosphoric acid groups is 1. The summed E-state index contributed by atoms with van der Waals surface area (Å²) in [6.45, 7) is -0.450. The molecule has 1 aliphatic carbocycles. The number of ether oxygens (including phenoxy) is 3. The van der Waals surface area contributed by atoms with Crippen LogP contribution in [0.25, 0.3) is 10.9 Å². The predicted octanol–water partition coefficient (Wildman–Crippen LogP) is 3.44. The second kappa shape index (κ2) is 12.6. The summed E-state index contributed by atoms with van der Waals surface area (Å²) in [5.41, 5.74) is -0.775. The first kappa shape index (κ1) is 33.1. The number of hydrogen-bond donors (Lipinski definition) is 2. The molecule has 2 aromatic heterocycles. The number of carboxylic acid groups (broad SMARTS) is 1. The minimum atomic E-state index is -4.77. The molecular formula is C31H29F2N6O11P. The molecule has 3 fully saturated rings. The highest BCUT2D eigenvalue weighted by Crippen LogP contribution is 2.50. The maximum absolute atomic E-state index is 15.7. The summed E-state index contributed by atoms with van der Waals surface area (Å²) >= 11 is 0. The van der Waals surface area contributed by atoms with E-state index in [1.807, 2.05) is 0 Å². The number of carboxylic acids is 1. The van der Waals surface area contributed by atoms with Gasteiger partial charge >= 0.3 is 19.9 Å². The molecule has 1 amide bonds. The first-order valence-electron chi connectivity index (χ1n) is 15.9. The van der Waals surface area contributed by atoms with Crippen LogP contribution in [0.2, 0.25) is 0 Å². The van der Waals surface area contributed by atoms with E-state index in [-0.39, 0.29) is 72.5 Å². The van der Waals surface area contributed by atoms with Gasteiger partial charge in [0.25, 0.3) is 0 Å². The monoisotopic (exact) mass is 730 g/mol. The van der Waals surface area contributed by atoms with Gasteiger partial charge < -0.3 is 33.7 Å². The molecule has 51 heavy (non-hydrogen) atoms. The van der Waals surface area contributed by atoms with E-state index < -0.39 is 67.6 Å². The number of cyclic esters (lactones) is 1. The van der Waals surface area contributed by atoms with E-state index in [0.717, 1.165) is 25.0 Å². The van der Waals surface area contributed by atoms with E-state index >= 15 is 4.39 Å². The third kappa shape index (κ3) is 6.26. The molecule has 3 aliphatic heterocycles. The van der Waals surface area contributed by atoms with Gasteiger partial charge in [-0.2, -0.15) is 0 Å². The fourth-order valence-corrected chi connectivity index (χ4v) is 7.49. The molecule has 0 bridgehead atoms. The van der Waals surface area contributed by atoms with Crippen LogP contribution in [-0.2, 0) is 24.9 Å². The molecule has 0 radical (unpaired) electrons. The Morgan fingerprint density at radius 2 is 1.94 bits per heavy atom. The summed E-state index contributed by atoms with van der Waals surface area (Å²) in [6, 6.07) is 4.16. The first-order chi connectivity index (χ1) is 24.5. The molecule has 17 nitrogen and oxygen atoms in total. The predicted molar refractivity (Wildman–Crippen MR) is 170 cm³/mol. The zero-order valence-corrected chi connectivity index (χ0v) is 27.4. The van der Waals surface area contributed by atoms with Crippen LogP contribution in [0.4, 0.5) is 25.0 Å². The normalized spacial score (nSPS) is 22.3. The fourth-order valence-electron chi connectivity index (χ4n) is 6.72. The Morgan fingerprint density at radius 3 is 2.67 bits per heavy atom. The molecule has 4 aromatic rings. The summed E-state index contributed by atoms with van der Waals surface area (Å²) in [5, 5.41) is 17.0. The molecule has 0 spiro atoms. The highest BCUT2D eigenvalue weighted by molar-refractivity contribution is 7.47. The SMILES string of the molecule is O=C(O)c1cn(C2CC2)c2c3c(c(F)cc2c1=O)N1C[C@H](OP(=O)(O)OCOc2ccc(N4C[C@@H](Cn5ccnn5)OC4=O)cc2F)C[C@H]1CO3. The minimum absolute atomic E-state index is 0.0330. The largest absolute Gasteiger partial charge is 0.487 e. The Bertz CT molecular complexity index is 2160. The average Bonchev–Trinajstić information content (AvgIpc) is 3.44. The molecule has 1 unspecified atom stereocenters.